The first kappa shape index (κ1) is 19.4. The lowest BCUT2D eigenvalue weighted by molar-refractivity contribution is 0.124. The lowest BCUT2D eigenvalue weighted by atomic mass is 9.64. The van der Waals surface area contributed by atoms with Crippen LogP contribution in [0.25, 0.3) is 11.1 Å². The molecule has 2 aromatic rings. The van der Waals surface area contributed by atoms with E-state index in [1.807, 2.05) is 0 Å². The van der Waals surface area contributed by atoms with Crippen molar-refractivity contribution in [2.75, 3.05) is 7.11 Å². The van der Waals surface area contributed by atoms with Gasteiger partial charge in [0.25, 0.3) is 0 Å². The molecule has 2 aromatic carbocycles. The van der Waals surface area contributed by atoms with Gasteiger partial charge >= 0.3 is 0 Å². The van der Waals surface area contributed by atoms with Gasteiger partial charge in [0, 0.05) is 0 Å². The molecule has 4 heteroatoms. The maximum atomic E-state index is 14.9. The Morgan fingerprint density at radius 3 is 2.18 bits per heavy atom. The number of rotatable bonds is 3. The van der Waals surface area contributed by atoms with Gasteiger partial charge < -0.3 is 4.74 Å². The highest BCUT2D eigenvalue weighted by Crippen LogP contribution is 2.48. The minimum absolute atomic E-state index is 0.0553. The fourth-order valence-corrected chi connectivity index (χ4v) is 5.35. The Morgan fingerprint density at radius 1 is 0.821 bits per heavy atom. The Labute approximate surface area is 164 Å². The highest BCUT2D eigenvalue weighted by atomic mass is 19.1. The second-order valence-electron chi connectivity index (χ2n) is 8.66. The highest BCUT2D eigenvalue weighted by Gasteiger charge is 2.35. The molecule has 2 fully saturated rings. The highest BCUT2D eigenvalue weighted by molar-refractivity contribution is 5.66. The summed E-state index contributed by atoms with van der Waals surface area (Å²) in [6.07, 6.45) is 6.95. The number of methoxy groups -OCH3 is 1. The van der Waals surface area contributed by atoms with E-state index < -0.39 is 17.5 Å². The molecule has 0 aliphatic heterocycles. The maximum Gasteiger partial charge on any atom is 0.165 e. The molecule has 2 aliphatic rings. The van der Waals surface area contributed by atoms with Crippen molar-refractivity contribution in [3.63, 3.8) is 0 Å². The SMILES string of the molecule is COc1ccc(-c2c(F)cc([C@@H]3CC[C@@H]4CC(C)CC[C@@H]4C3)cc2F)cc1F. The van der Waals surface area contributed by atoms with E-state index in [1.165, 1.54) is 50.6 Å². The van der Waals surface area contributed by atoms with Gasteiger partial charge in [-0.1, -0.05) is 19.4 Å². The van der Waals surface area contributed by atoms with Gasteiger partial charge in [-0.15, -0.1) is 0 Å². The second-order valence-corrected chi connectivity index (χ2v) is 8.66. The molecule has 2 saturated carbocycles. The van der Waals surface area contributed by atoms with Gasteiger partial charge in [0.05, 0.1) is 12.7 Å². The van der Waals surface area contributed by atoms with Crippen LogP contribution < -0.4 is 4.74 Å². The molecule has 0 amide bonds. The normalized spacial score (nSPS) is 27.3. The van der Waals surface area contributed by atoms with Crippen molar-refractivity contribution in [3.05, 3.63) is 53.3 Å². The number of benzene rings is 2. The molecule has 0 spiro atoms. The molecule has 0 radical (unpaired) electrons. The molecule has 0 saturated heterocycles. The summed E-state index contributed by atoms with van der Waals surface area (Å²) in [6, 6.07) is 6.91. The number of ether oxygens (including phenoxy) is 1. The smallest absolute Gasteiger partial charge is 0.165 e. The summed E-state index contributed by atoms with van der Waals surface area (Å²) >= 11 is 0. The van der Waals surface area contributed by atoms with Crippen molar-refractivity contribution in [2.24, 2.45) is 17.8 Å². The Bertz CT molecular complexity index is 840. The average molecular weight is 388 g/mol. The van der Waals surface area contributed by atoms with E-state index in [1.54, 1.807) is 0 Å². The van der Waals surface area contributed by atoms with Crippen molar-refractivity contribution in [3.8, 4) is 16.9 Å². The predicted molar refractivity (Wildman–Crippen MR) is 105 cm³/mol. The third-order valence-corrected chi connectivity index (χ3v) is 6.85. The molecule has 4 rings (SSSR count). The summed E-state index contributed by atoms with van der Waals surface area (Å²) in [7, 11) is 1.36. The number of halogens is 3. The lowest BCUT2D eigenvalue weighted by Crippen LogP contribution is -2.29. The minimum Gasteiger partial charge on any atom is -0.494 e. The Balaban J connectivity index is 1.59. The molecule has 150 valence electrons. The molecular weight excluding hydrogens is 361 g/mol. The fourth-order valence-electron chi connectivity index (χ4n) is 5.35. The molecule has 0 aromatic heterocycles. The van der Waals surface area contributed by atoms with E-state index in [9.17, 15) is 13.2 Å². The number of fused-ring (bicyclic) bond motifs is 1. The van der Waals surface area contributed by atoms with Crippen LogP contribution in [0.15, 0.2) is 30.3 Å². The van der Waals surface area contributed by atoms with Crippen LogP contribution in [0.4, 0.5) is 13.2 Å². The summed E-state index contributed by atoms with van der Waals surface area (Å²) in [5.74, 6) is 0.634. The topological polar surface area (TPSA) is 9.23 Å². The van der Waals surface area contributed by atoms with E-state index >= 15 is 0 Å². The van der Waals surface area contributed by atoms with Crippen LogP contribution >= 0.6 is 0 Å². The summed E-state index contributed by atoms with van der Waals surface area (Å²) in [6.45, 7) is 2.33. The van der Waals surface area contributed by atoms with Crippen molar-refractivity contribution < 1.29 is 17.9 Å². The average Bonchev–Trinajstić information content (AvgIpc) is 2.67. The zero-order chi connectivity index (χ0) is 19.8. The lowest BCUT2D eigenvalue weighted by Gasteiger charge is -2.41. The Morgan fingerprint density at radius 2 is 1.50 bits per heavy atom. The van der Waals surface area contributed by atoms with Crippen LogP contribution in [-0.2, 0) is 0 Å². The first-order chi connectivity index (χ1) is 13.5. The first-order valence-electron chi connectivity index (χ1n) is 10.3. The zero-order valence-electron chi connectivity index (χ0n) is 16.5. The molecule has 4 atom stereocenters. The molecule has 0 heterocycles. The van der Waals surface area contributed by atoms with Gasteiger partial charge in [-0.2, -0.15) is 0 Å². The van der Waals surface area contributed by atoms with Gasteiger partial charge in [0.2, 0.25) is 0 Å². The summed E-state index contributed by atoms with van der Waals surface area (Å²) in [5.41, 5.74) is 0.750. The van der Waals surface area contributed by atoms with E-state index in [-0.39, 0.29) is 22.8 Å². The maximum absolute atomic E-state index is 14.9. The van der Waals surface area contributed by atoms with E-state index in [4.69, 9.17) is 4.74 Å². The summed E-state index contributed by atoms with van der Waals surface area (Å²) in [4.78, 5) is 0. The molecule has 0 bridgehead atoms. The molecule has 2 aliphatic carbocycles. The quantitative estimate of drug-likeness (QED) is 0.545. The van der Waals surface area contributed by atoms with Gasteiger partial charge in [-0.05, 0) is 91.2 Å². The molecular formula is C24H27F3O. The molecule has 1 nitrogen and oxygen atoms in total. The van der Waals surface area contributed by atoms with Gasteiger partial charge in [0.1, 0.15) is 11.6 Å². The summed E-state index contributed by atoms with van der Waals surface area (Å²) in [5, 5.41) is 0. The molecule has 1 unspecified atom stereocenters. The van der Waals surface area contributed by atoms with Crippen LogP contribution in [0.3, 0.4) is 0 Å². The van der Waals surface area contributed by atoms with Gasteiger partial charge in [-0.3, -0.25) is 0 Å². The number of hydrogen-bond acceptors (Lipinski definition) is 1. The van der Waals surface area contributed by atoms with Crippen LogP contribution in [0.5, 0.6) is 5.75 Å². The van der Waals surface area contributed by atoms with Crippen LogP contribution in [0, 0.1) is 35.2 Å². The van der Waals surface area contributed by atoms with Crippen LogP contribution in [0.1, 0.15) is 56.9 Å². The Kier molecular flexibility index (Phi) is 5.39. The van der Waals surface area contributed by atoms with Gasteiger partial charge in [-0.25, -0.2) is 13.2 Å². The third-order valence-electron chi connectivity index (χ3n) is 6.85. The van der Waals surface area contributed by atoms with Crippen LogP contribution in [-0.4, -0.2) is 7.11 Å². The molecule has 0 N–H and O–H groups in total. The van der Waals surface area contributed by atoms with Crippen molar-refractivity contribution in [1.29, 1.82) is 0 Å². The van der Waals surface area contributed by atoms with Crippen molar-refractivity contribution in [2.45, 2.75) is 51.4 Å². The Hall–Kier alpha value is -1.97. The van der Waals surface area contributed by atoms with Crippen molar-refractivity contribution in [1.82, 2.24) is 0 Å². The van der Waals surface area contributed by atoms with E-state index in [2.05, 4.69) is 6.92 Å². The third kappa shape index (κ3) is 3.66. The minimum atomic E-state index is -0.632. The molecule has 28 heavy (non-hydrogen) atoms. The van der Waals surface area contributed by atoms with Crippen molar-refractivity contribution >= 4 is 0 Å². The monoisotopic (exact) mass is 388 g/mol. The zero-order valence-corrected chi connectivity index (χ0v) is 16.5. The standard InChI is InChI=1S/C24H27F3O/c1-14-3-4-16-10-17(6-5-15(16)9-14)19-12-21(26)24(22(27)13-19)18-7-8-23(28-2)20(25)11-18/h7-8,11-17H,3-6,9-10H2,1-2H3/t14?,15-,16-,17-/m1/s1. The number of hydrogen-bond donors (Lipinski definition) is 0. The summed E-state index contributed by atoms with van der Waals surface area (Å²) < 4.78 is 48.6. The predicted octanol–water partition coefficient (Wildman–Crippen LogP) is 7.10. The van der Waals surface area contributed by atoms with E-state index in [0.29, 0.717) is 5.92 Å². The largest absolute Gasteiger partial charge is 0.494 e. The first-order valence-corrected chi connectivity index (χ1v) is 10.3. The van der Waals surface area contributed by atoms with Gasteiger partial charge in [0.15, 0.2) is 11.6 Å². The second kappa shape index (κ2) is 7.81. The van der Waals surface area contributed by atoms with E-state index in [0.717, 1.165) is 42.7 Å². The fraction of sp³-hybridized carbons (Fsp3) is 0.500. The van der Waals surface area contributed by atoms with Crippen LogP contribution in [0.2, 0.25) is 0 Å².